The van der Waals surface area contributed by atoms with Crippen LogP contribution < -0.4 is 0 Å². The van der Waals surface area contributed by atoms with E-state index in [0.29, 0.717) is 13.0 Å². The lowest BCUT2D eigenvalue weighted by atomic mass is 10.0. The van der Waals surface area contributed by atoms with Gasteiger partial charge in [-0.2, -0.15) is 5.10 Å². The summed E-state index contributed by atoms with van der Waals surface area (Å²) in [4.78, 5) is 15.4. The monoisotopic (exact) mass is 209 g/mol. The summed E-state index contributed by atoms with van der Waals surface area (Å²) in [5.41, 5.74) is 0. The van der Waals surface area contributed by atoms with E-state index in [-0.39, 0.29) is 11.9 Å². The Bertz CT molecular complexity index is 304. The molecule has 1 aromatic rings. The van der Waals surface area contributed by atoms with Gasteiger partial charge in [0.15, 0.2) is 5.78 Å². The van der Waals surface area contributed by atoms with Gasteiger partial charge in [-0.05, 0) is 19.3 Å². The van der Waals surface area contributed by atoms with E-state index in [0.717, 1.165) is 19.4 Å². The lowest BCUT2D eigenvalue weighted by Gasteiger charge is -2.21. The van der Waals surface area contributed by atoms with Gasteiger partial charge in [0.1, 0.15) is 19.2 Å². The minimum absolute atomic E-state index is 0.120. The Morgan fingerprint density at radius 3 is 3.13 bits per heavy atom. The highest BCUT2D eigenvalue weighted by Gasteiger charge is 2.17. The van der Waals surface area contributed by atoms with Gasteiger partial charge in [0.05, 0.1) is 6.10 Å². The molecule has 82 valence electrons. The van der Waals surface area contributed by atoms with Crippen molar-refractivity contribution < 1.29 is 9.53 Å². The Kier molecular flexibility index (Phi) is 3.45. The van der Waals surface area contributed by atoms with Gasteiger partial charge in [-0.25, -0.2) is 9.67 Å². The molecule has 0 aromatic carbocycles. The number of rotatable bonds is 4. The van der Waals surface area contributed by atoms with Crippen molar-refractivity contribution in [1.82, 2.24) is 14.8 Å². The number of aromatic nitrogens is 3. The van der Waals surface area contributed by atoms with Crippen LogP contribution in [-0.4, -0.2) is 33.3 Å². The van der Waals surface area contributed by atoms with E-state index in [1.165, 1.54) is 12.7 Å². The Morgan fingerprint density at radius 2 is 2.47 bits per heavy atom. The molecule has 15 heavy (non-hydrogen) atoms. The van der Waals surface area contributed by atoms with Crippen molar-refractivity contribution in [3.8, 4) is 0 Å². The number of Topliss-reactive ketones (excluding diaryl/α,β-unsaturated/α-hetero) is 1. The number of hydrogen-bond acceptors (Lipinski definition) is 4. The summed E-state index contributed by atoms with van der Waals surface area (Å²) in [6.45, 7) is 1.10. The fourth-order valence-electron chi connectivity index (χ4n) is 1.78. The van der Waals surface area contributed by atoms with Crippen molar-refractivity contribution in [3.05, 3.63) is 12.7 Å². The van der Waals surface area contributed by atoms with Gasteiger partial charge < -0.3 is 4.74 Å². The van der Waals surface area contributed by atoms with Crippen molar-refractivity contribution in [3.63, 3.8) is 0 Å². The SMILES string of the molecule is O=C(CC1CCCCO1)Cn1cncn1. The van der Waals surface area contributed by atoms with Crippen molar-refractivity contribution in [1.29, 1.82) is 0 Å². The van der Waals surface area contributed by atoms with E-state index < -0.39 is 0 Å². The summed E-state index contributed by atoms with van der Waals surface area (Å²) in [7, 11) is 0. The largest absolute Gasteiger partial charge is 0.378 e. The zero-order valence-corrected chi connectivity index (χ0v) is 8.63. The standard InChI is InChI=1S/C10H15N3O2/c14-9(6-13-8-11-7-12-13)5-10-3-1-2-4-15-10/h7-8,10H,1-6H2. The van der Waals surface area contributed by atoms with E-state index in [4.69, 9.17) is 4.74 Å². The first kappa shape index (κ1) is 10.3. The minimum Gasteiger partial charge on any atom is -0.378 e. The third-order valence-electron chi connectivity index (χ3n) is 2.53. The van der Waals surface area contributed by atoms with Gasteiger partial charge >= 0.3 is 0 Å². The molecule has 1 unspecified atom stereocenters. The smallest absolute Gasteiger partial charge is 0.156 e. The van der Waals surface area contributed by atoms with Crippen LogP contribution in [-0.2, 0) is 16.1 Å². The second-order valence-electron chi connectivity index (χ2n) is 3.82. The lowest BCUT2D eigenvalue weighted by molar-refractivity contribution is -0.123. The molecule has 0 amide bonds. The molecule has 1 saturated heterocycles. The summed E-state index contributed by atoms with van der Waals surface area (Å²) < 4.78 is 7.05. The number of carbonyl (C=O) groups excluding carboxylic acids is 1. The number of ketones is 1. The molecule has 1 aromatic heterocycles. The maximum absolute atomic E-state index is 11.6. The van der Waals surface area contributed by atoms with Gasteiger partial charge in [0.25, 0.3) is 0 Å². The molecule has 1 atom stereocenters. The minimum atomic E-state index is 0.120. The number of nitrogens with zero attached hydrogens (tertiary/aromatic N) is 3. The Balaban J connectivity index is 1.76. The fourth-order valence-corrected chi connectivity index (χ4v) is 1.78. The molecule has 0 N–H and O–H groups in total. The van der Waals surface area contributed by atoms with Crippen molar-refractivity contribution in [2.24, 2.45) is 0 Å². The van der Waals surface area contributed by atoms with Crippen LogP contribution >= 0.6 is 0 Å². The molecular weight excluding hydrogens is 194 g/mol. The van der Waals surface area contributed by atoms with Crippen LogP contribution in [0.4, 0.5) is 0 Å². The zero-order valence-electron chi connectivity index (χ0n) is 8.63. The molecule has 0 spiro atoms. The molecule has 0 radical (unpaired) electrons. The average Bonchev–Trinajstić information content (AvgIpc) is 2.71. The molecular formula is C10H15N3O2. The van der Waals surface area contributed by atoms with Gasteiger partial charge in [0.2, 0.25) is 0 Å². The average molecular weight is 209 g/mol. The molecule has 0 saturated carbocycles. The normalized spacial score (nSPS) is 21.5. The highest BCUT2D eigenvalue weighted by Crippen LogP contribution is 2.15. The van der Waals surface area contributed by atoms with Crippen LogP contribution in [0.3, 0.4) is 0 Å². The first-order valence-electron chi connectivity index (χ1n) is 5.30. The molecule has 5 heteroatoms. The number of carbonyl (C=O) groups is 1. The summed E-state index contributed by atoms with van der Waals surface area (Å²) in [6, 6.07) is 0. The predicted molar refractivity (Wildman–Crippen MR) is 53.2 cm³/mol. The van der Waals surface area contributed by atoms with Crippen molar-refractivity contribution in [2.45, 2.75) is 38.3 Å². The first-order valence-corrected chi connectivity index (χ1v) is 5.30. The number of ether oxygens (including phenoxy) is 1. The van der Waals surface area contributed by atoms with Gasteiger partial charge in [-0.1, -0.05) is 0 Å². The highest BCUT2D eigenvalue weighted by molar-refractivity contribution is 5.78. The van der Waals surface area contributed by atoms with Gasteiger partial charge in [-0.15, -0.1) is 0 Å². The number of hydrogen-bond donors (Lipinski definition) is 0. The van der Waals surface area contributed by atoms with Crippen LogP contribution in [0.5, 0.6) is 0 Å². The quantitative estimate of drug-likeness (QED) is 0.736. The van der Waals surface area contributed by atoms with Crippen molar-refractivity contribution >= 4 is 5.78 Å². The first-order chi connectivity index (χ1) is 7.34. The Hall–Kier alpha value is -1.23. The molecule has 5 nitrogen and oxygen atoms in total. The molecule has 1 fully saturated rings. The summed E-state index contributed by atoms with van der Waals surface area (Å²) in [5.74, 6) is 0.160. The topological polar surface area (TPSA) is 57.0 Å². The van der Waals surface area contributed by atoms with Crippen LogP contribution in [0.2, 0.25) is 0 Å². The predicted octanol–water partition coefficient (Wildman–Crippen LogP) is 0.806. The Morgan fingerprint density at radius 1 is 1.53 bits per heavy atom. The third-order valence-corrected chi connectivity index (χ3v) is 2.53. The van der Waals surface area contributed by atoms with E-state index in [1.54, 1.807) is 11.0 Å². The summed E-state index contributed by atoms with van der Waals surface area (Å²) >= 11 is 0. The van der Waals surface area contributed by atoms with E-state index in [1.807, 2.05) is 0 Å². The maximum Gasteiger partial charge on any atom is 0.156 e. The molecule has 1 aliphatic rings. The maximum atomic E-state index is 11.6. The lowest BCUT2D eigenvalue weighted by Crippen LogP contribution is -2.24. The molecule has 0 bridgehead atoms. The highest BCUT2D eigenvalue weighted by atomic mass is 16.5. The van der Waals surface area contributed by atoms with Crippen LogP contribution in [0.1, 0.15) is 25.7 Å². The van der Waals surface area contributed by atoms with Crippen LogP contribution in [0.15, 0.2) is 12.7 Å². The van der Waals surface area contributed by atoms with Crippen LogP contribution in [0, 0.1) is 0 Å². The van der Waals surface area contributed by atoms with E-state index in [9.17, 15) is 4.79 Å². The fraction of sp³-hybridized carbons (Fsp3) is 0.700. The van der Waals surface area contributed by atoms with E-state index in [2.05, 4.69) is 10.1 Å². The van der Waals surface area contributed by atoms with Gasteiger partial charge in [-0.3, -0.25) is 4.79 Å². The molecule has 0 aliphatic carbocycles. The van der Waals surface area contributed by atoms with Crippen molar-refractivity contribution in [2.75, 3.05) is 6.61 Å². The second kappa shape index (κ2) is 5.02. The summed E-state index contributed by atoms with van der Waals surface area (Å²) in [6.07, 6.45) is 6.90. The van der Waals surface area contributed by atoms with Gasteiger partial charge in [0, 0.05) is 13.0 Å². The van der Waals surface area contributed by atoms with Crippen LogP contribution in [0.25, 0.3) is 0 Å². The zero-order chi connectivity index (χ0) is 10.5. The molecule has 2 rings (SSSR count). The summed E-state index contributed by atoms with van der Waals surface area (Å²) in [5, 5.41) is 3.89. The molecule has 2 heterocycles. The molecule has 1 aliphatic heterocycles. The second-order valence-corrected chi connectivity index (χ2v) is 3.82. The van der Waals surface area contributed by atoms with E-state index >= 15 is 0 Å². The Labute approximate surface area is 88.4 Å². The third kappa shape index (κ3) is 3.13.